The molecular weight excluding hydrogens is 252 g/mol. The average Bonchev–Trinajstić information content (AvgIpc) is 2.32. The zero-order valence-electron chi connectivity index (χ0n) is 13.4. The molecule has 3 atom stereocenters. The maximum atomic E-state index is 11.8. The van der Waals surface area contributed by atoms with Gasteiger partial charge in [-0.25, -0.2) is 0 Å². The van der Waals surface area contributed by atoms with E-state index in [1.807, 2.05) is 34.6 Å². The van der Waals surface area contributed by atoms with Crippen molar-refractivity contribution in [1.82, 2.24) is 0 Å². The Labute approximate surface area is 122 Å². The second kappa shape index (κ2) is 6.57. The first-order valence-corrected chi connectivity index (χ1v) is 7.32. The van der Waals surface area contributed by atoms with Crippen molar-refractivity contribution in [3.05, 3.63) is 23.8 Å². The van der Waals surface area contributed by atoms with E-state index in [-0.39, 0.29) is 17.8 Å². The molecule has 3 heteroatoms. The van der Waals surface area contributed by atoms with Crippen molar-refractivity contribution in [3.63, 3.8) is 0 Å². The van der Waals surface area contributed by atoms with Crippen LogP contribution in [0.5, 0.6) is 0 Å². The molecule has 1 aliphatic rings. The Bertz CT molecular complexity index is 401. The minimum Gasteiger partial charge on any atom is -0.465 e. The zero-order chi connectivity index (χ0) is 15.5. The first kappa shape index (κ1) is 17.0. The lowest BCUT2D eigenvalue weighted by atomic mass is 9.73. The molecule has 0 aromatic carbocycles. The molecule has 20 heavy (non-hydrogen) atoms. The van der Waals surface area contributed by atoms with E-state index in [9.17, 15) is 9.90 Å². The van der Waals surface area contributed by atoms with Gasteiger partial charge in [-0.1, -0.05) is 18.2 Å². The Morgan fingerprint density at radius 1 is 1.50 bits per heavy atom. The maximum Gasteiger partial charge on any atom is 0.311 e. The van der Waals surface area contributed by atoms with Gasteiger partial charge in [0.25, 0.3) is 0 Å². The van der Waals surface area contributed by atoms with E-state index in [1.165, 1.54) is 0 Å². The molecule has 0 aromatic rings. The number of esters is 1. The van der Waals surface area contributed by atoms with Crippen LogP contribution < -0.4 is 0 Å². The van der Waals surface area contributed by atoms with Gasteiger partial charge in [-0.3, -0.25) is 4.79 Å². The molecule has 0 bridgehead atoms. The van der Waals surface area contributed by atoms with Crippen molar-refractivity contribution in [3.8, 4) is 0 Å². The van der Waals surface area contributed by atoms with Gasteiger partial charge >= 0.3 is 5.97 Å². The number of carbonyl (C=O) groups is 1. The molecular formula is C17H28O3. The molecule has 0 aromatic heterocycles. The molecule has 1 rings (SSSR count). The highest BCUT2D eigenvalue weighted by molar-refractivity contribution is 5.75. The van der Waals surface area contributed by atoms with Gasteiger partial charge in [-0.05, 0) is 64.9 Å². The first-order valence-electron chi connectivity index (χ1n) is 7.32. The van der Waals surface area contributed by atoms with Crippen LogP contribution in [-0.4, -0.2) is 23.8 Å². The predicted molar refractivity (Wildman–Crippen MR) is 81.2 cm³/mol. The van der Waals surface area contributed by atoms with E-state index < -0.39 is 11.5 Å². The van der Waals surface area contributed by atoms with E-state index in [1.54, 1.807) is 0 Å². The summed E-state index contributed by atoms with van der Waals surface area (Å²) in [6, 6.07) is 0. The smallest absolute Gasteiger partial charge is 0.311 e. The molecule has 0 fully saturated rings. The maximum absolute atomic E-state index is 11.8. The van der Waals surface area contributed by atoms with Crippen LogP contribution in [0.1, 0.15) is 47.5 Å². The third-order valence-corrected chi connectivity index (χ3v) is 4.01. The molecule has 114 valence electrons. The van der Waals surface area contributed by atoms with E-state index >= 15 is 0 Å². The summed E-state index contributed by atoms with van der Waals surface area (Å²) in [7, 11) is 0. The van der Waals surface area contributed by atoms with Gasteiger partial charge in [0, 0.05) is 0 Å². The van der Waals surface area contributed by atoms with Gasteiger partial charge in [0.05, 0.1) is 18.1 Å². The second-order valence-corrected chi connectivity index (χ2v) is 6.92. The fourth-order valence-electron chi connectivity index (χ4n) is 2.60. The Morgan fingerprint density at radius 2 is 2.10 bits per heavy atom. The van der Waals surface area contributed by atoms with Crippen molar-refractivity contribution >= 4 is 5.97 Å². The summed E-state index contributed by atoms with van der Waals surface area (Å²) in [6.07, 6.45) is 3.21. The monoisotopic (exact) mass is 280 g/mol. The summed E-state index contributed by atoms with van der Waals surface area (Å²) in [4.78, 5) is 11.8. The number of rotatable bonds is 4. The van der Waals surface area contributed by atoms with Crippen molar-refractivity contribution < 1.29 is 14.6 Å². The number of allylic oxidation sites excluding steroid dienone is 2. The molecule has 3 nitrogen and oxygen atoms in total. The summed E-state index contributed by atoms with van der Waals surface area (Å²) in [5.74, 6) is 0.161. The summed E-state index contributed by atoms with van der Waals surface area (Å²) in [5, 5.41) is 10.3. The van der Waals surface area contributed by atoms with Crippen LogP contribution in [0.2, 0.25) is 0 Å². The van der Waals surface area contributed by atoms with Crippen molar-refractivity contribution in [2.75, 3.05) is 6.61 Å². The van der Waals surface area contributed by atoms with E-state index in [0.29, 0.717) is 13.0 Å². The summed E-state index contributed by atoms with van der Waals surface area (Å²) in [5.41, 5.74) is 1.61. The van der Waals surface area contributed by atoms with Crippen molar-refractivity contribution in [2.24, 2.45) is 17.3 Å². The predicted octanol–water partition coefficient (Wildman–Crippen LogP) is 3.49. The van der Waals surface area contributed by atoms with Crippen LogP contribution in [0.4, 0.5) is 0 Å². The summed E-state index contributed by atoms with van der Waals surface area (Å²) >= 11 is 0. The van der Waals surface area contributed by atoms with E-state index in [2.05, 4.69) is 12.7 Å². The highest BCUT2D eigenvalue weighted by Gasteiger charge is 2.33. The minimum atomic E-state index is -0.477. The third-order valence-electron chi connectivity index (χ3n) is 4.01. The number of ether oxygens (including phenoxy) is 1. The number of hydrogen-bond acceptors (Lipinski definition) is 3. The molecule has 1 aliphatic carbocycles. The van der Waals surface area contributed by atoms with Crippen LogP contribution >= 0.6 is 0 Å². The normalized spacial score (nSPS) is 26.9. The lowest BCUT2D eigenvalue weighted by molar-refractivity contribution is -0.153. The van der Waals surface area contributed by atoms with Crippen molar-refractivity contribution in [1.29, 1.82) is 0 Å². The highest BCUT2D eigenvalue weighted by Crippen LogP contribution is 2.36. The molecule has 0 aliphatic heterocycles. The average molecular weight is 280 g/mol. The molecule has 1 N–H and O–H groups in total. The quantitative estimate of drug-likeness (QED) is 0.633. The van der Waals surface area contributed by atoms with Gasteiger partial charge in [0.2, 0.25) is 0 Å². The number of aliphatic hydroxyl groups is 1. The van der Waals surface area contributed by atoms with E-state index in [0.717, 1.165) is 17.6 Å². The van der Waals surface area contributed by atoms with Crippen LogP contribution in [0, 0.1) is 17.3 Å². The van der Waals surface area contributed by atoms with Gasteiger partial charge in [0.15, 0.2) is 0 Å². The Hall–Kier alpha value is -1.09. The SMILES string of the molecule is C=C(C)[C@@H]1CC=C(C)[C@H](O)[C@H]1CCOC(=O)C(C)(C)C. The summed E-state index contributed by atoms with van der Waals surface area (Å²) in [6.45, 7) is 13.9. The van der Waals surface area contributed by atoms with E-state index in [4.69, 9.17) is 4.74 Å². The standard InChI is InChI=1S/C17H28O3/c1-11(2)13-8-7-12(3)15(18)14(13)9-10-20-16(19)17(4,5)6/h7,13-15,18H,1,8-10H2,2-6H3/t13-,14-,15-/m0/s1. The Balaban J connectivity index is 2.62. The van der Waals surface area contributed by atoms with Crippen LogP contribution in [-0.2, 0) is 9.53 Å². The molecule has 0 heterocycles. The molecule has 0 amide bonds. The van der Waals surface area contributed by atoms with Crippen molar-refractivity contribution in [2.45, 2.75) is 53.6 Å². The third kappa shape index (κ3) is 4.20. The molecule has 0 saturated heterocycles. The fourth-order valence-corrected chi connectivity index (χ4v) is 2.60. The molecule has 0 spiro atoms. The number of carbonyl (C=O) groups excluding carboxylic acids is 1. The lowest BCUT2D eigenvalue weighted by Gasteiger charge is -2.35. The van der Waals surface area contributed by atoms with Gasteiger partial charge in [-0.2, -0.15) is 0 Å². The summed E-state index contributed by atoms with van der Waals surface area (Å²) < 4.78 is 5.32. The molecule has 0 unspecified atom stereocenters. The lowest BCUT2D eigenvalue weighted by Crippen LogP contribution is -2.34. The number of hydrogen-bond donors (Lipinski definition) is 1. The Kier molecular flexibility index (Phi) is 5.58. The van der Waals surface area contributed by atoms with Gasteiger partial charge in [-0.15, -0.1) is 0 Å². The zero-order valence-corrected chi connectivity index (χ0v) is 13.4. The first-order chi connectivity index (χ1) is 9.14. The Morgan fingerprint density at radius 3 is 2.60 bits per heavy atom. The largest absolute Gasteiger partial charge is 0.465 e. The van der Waals surface area contributed by atoms with Crippen LogP contribution in [0.25, 0.3) is 0 Å². The topological polar surface area (TPSA) is 46.5 Å². The second-order valence-electron chi connectivity index (χ2n) is 6.92. The molecule has 0 saturated carbocycles. The van der Waals surface area contributed by atoms with Crippen LogP contribution in [0.15, 0.2) is 23.8 Å². The number of aliphatic hydroxyl groups excluding tert-OH is 1. The highest BCUT2D eigenvalue weighted by atomic mass is 16.5. The van der Waals surface area contributed by atoms with Crippen LogP contribution in [0.3, 0.4) is 0 Å². The minimum absolute atomic E-state index is 0.0882. The van der Waals surface area contributed by atoms with Gasteiger partial charge in [0.1, 0.15) is 0 Å². The fraction of sp³-hybridized carbons (Fsp3) is 0.706. The molecule has 0 radical (unpaired) electrons. The van der Waals surface area contributed by atoms with Gasteiger partial charge < -0.3 is 9.84 Å².